The van der Waals surface area contributed by atoms with Gasteiger partial charge in [-0.1, -0.05) is 18.6 Å². The molecule has 0 saturated heterocycles. The molecule has 31 heavy (non-hydrogen) atoms. The Morgan fingerprint density at radius 2 is 1.94 bits per heavy atom. The number of ether oxygens (including phenoxy) is 1. The number of fused-ring (bicyclic) bond motifs is 1. The maximum Gasteiger partial charge on any atom is 0.422 e. The Morgan fingerprint density at radius 1 is 1.16 bits per heavy atom. The van der Waals surface area contributed by atoms with Gasteiger partial charge in [-0.3, -0.25) is 4.99 Å². The summed E-state index contributed by atoms with van der Waals surface area (Å²) in [6.07, 6.45) is -0.0195. The summed E-state index contributed by atoms with van der Waals surface area (Å²) in [6.45, 7) is 2.12. The van der Waals surface area contributed by atoms with Gasteiger partial charge in [0.2, 0.25) is 0 Å². The topological polar surface area (TPSA) is 76.4 Å². The van der Waals surface area contributed by atoms with Crippen LogP contribution in [0.4, 0.5) is 13.2 Å². The molecule has 3 rings (SSSR count). The van der Waals surface area contributed by atoms with Gasteiger partial charge in [0.15, 0.2) is 18.4 Å². The van der Waals surface area contributed by atoms with Crippen molar-refractivity contribution in [3.8, 4) is 5.75 Å². The third-order valence-electron chi connectivity index (χ3n) is 4.88. The fraction of sp³-hybridized carbons (Fsp3) is 0.550. The van der Waals surface area contributed by atoms with Gasteiger partial charge in [-0.2, -0.15) is 13.2 Å². The highest BCUT2D eigenvalue weighted by molar-refractivity contribution is 14.0. The van der Waals surface area contributed by atoms with Crippen LogP contribution in [0, 0.1) is 6.92 Å². The Labute approximate surface area is 196 Å². The van der Waals surface area contributed by atoms with Crippen molar-refractivity contribution in [1.29, 1.82) is 0 Å². The molecular formula is C20H28F3IN6O. The molecule has 0 amide bonds. The summed E-state index contributed by atoms with van der Waals surface area (Å²) in [5.41, 5.74) is 1.44. The summed E-state index contributed by atoms with van der Waals surface area (Å²) in [5.74, 6) is 2.58. The van der Waals surface area contributed by atoms with Crippen LogP contribution < -0.4 is 15.4 Å². The first kappa shape index (κ1) is 25.2. The number of aliphatic imine (C=N–C) groups is 1. The minimum Gasteiger partial charge on any atom is -0.484 e. The smallest absolute Gasteiger partial charge is 0.422 e. The highest BCUT2D eigenvalue weighted by Crippen LogP contribution is 2.23. The third-order valence-corrected chi connectivity index (χ3v) is 4.88. The lowest BCUT2D eigenvalue weighted by atomic mass is 10.1. The van der Waals surface area contributed by atoms with Crippen LogP contribution in [-0.4, -0.2) is 40.6 Å². The molecule has 2 N–H and O–H groups in total. The lowest BCUT2D eigenvalue weighted by Gasteiger charge is -2.16. The lowest BCUT2D eigenvalue weighted by Crippen LogP contribution is -2.37. The molecule has 0 radical (unpaired) electrons. The molecule has 2 heterocycles. The fourth-order valence-electron chi connectivity index (χ4n) is 3.34. The quantitative estimate of drug-likeness (QED) is 0.325. The standard InChI is InChI=1S/C20H27F3N6O.HI/c1-14-7-8-15(16(10-14)30-13-20(21,22)23)11-25-19(24-2)26-12-18-28-27-17-6-4-3-5-9-29(17)18;/h7-8,10H,3-6,9,11-13H2,1-2H3,(H2,24,25,26);1H. The molecule has 7 nitrogen and oxygen atoms in total. The predicted molar refractivity (Wildman–Crippen MR) is 123 cm³/mol. The van der Waals surface area contributed by atoms with Crippen molar-refractivity contribution in [2.45, 2.75) is 58.4 Å². The van der Waals surface area contributed by atoms with Gasteiger partial charge >= 0.3 is 6.18 Å². The number of hydrogen-bond donors (Lipinski definition) is 2. The van der Waals surface area contributed by atoms with E-state index in [2.05, 4.69) is 30.4 Å². The van der Waals surface area contributed by atoms with Crippen LogP contribution in [-0.2, 0) is 26.1 Å². The SMILES string of the molecule is CN=C(NCc1ccc(C)cc1OCC(F)(F)F)NCc1nnc2n1CCCCC2.I. The van der Waals surface area contributed by atoms with Gasteiger partial charge in [0.1, 0.15) is 11.6 Å². The van der Waals surface area contributed by atoms with E-state index in [1.165, 1.54) is 6.42 Å². The fourth-order valence-corrected chi connectivity index (χ4v) is 3.34. The number of rotatable bonds is 6. The molecule has 1 aromatic heterocycles. The van der Waals surface area contributed by atoms with Gasteiger partial charge in [-0.25, -0.2) is 0 Å². The Balaban J connectivity index is 0.00000341. The second-order valence-corrected chi connectivity index (χ2v) is 7.29. The number of aromatic nitrogens is 3. The van der Waals surface area contributed by atoms with E-state index in [9.17, 15) is 13.2 Å². The minimum atomic E-state index is -4.39. The zero-order valence-electron chi connectivity index (χ0n) is 17.6. The monoisotopic (exact) mass is 552 g/mol. The van der Waals surface area contributed by atoms with Crippen molar-refractivity contribution in [3.63, 3.8) is 0 Å². The van der Waals surface area contributed by atoms with Crippen molar-refractivity contribution >= 4 is 29.9 Å². The van der Waals surface area contributed by atoms with Gasteiger partial charge in [0.05, 0.1) is 6.54 Å². The summed E-state index contributed by atoms with van der Waals surface area (Å²) in [5, 5.41) is 14.9. The molecule has 1 aliphatic heterocycles. The second-order valence-electron chi connectivity index (χ2n) is 7.29. The Morgan fingerprint density at radius 3 is 2.68 bits per heavy atom. The molecule has 172 valence electrons. The lowest BCUT2D eigenvalue weighted by molar-refractivity contribution is -0.153. The zero-order chi connectivity index (χ0) is 21.6. The maximum absolute atomic E-state index is 12.5. The zero-order valence-corrected chi connectivity index (χ0v) is 20.0. The third kappa shape index (κ3) is 7.54. The van der Waals surface area contributed by atoms with E-state index < -0.39 is 12.8 Å². The summed E-state index contributed by atoms with van der Waals surface area (Å²) in [7, 11) is 1.63. The molecule has 2 aromatic rings. The van der Waals surface area contributed by atoms with E-state index in [1.54, 1.807) is 26.1 Å². The van der Waals surface area contributed by atoms with Crippen LogP contribution in [0.15, 0.2) is 23.2 Å². The van der Waals surface area contributed by atoms with Gasteiger partial charge < -0.3 is 19.9 Å². The number of nitrogens with one attached hydrogen (secondary N) is 2. The molecule has 0 unspecified atom stereocenters. The van der Waals surface area contributed by atoms with Gasteiger partial charge in [-0.15, -0.1) is 34.2 Å². The summed E-state index contributed by atoms with van der Waals surface area (Å²) < 4.78 is 44.8. The Kier molecular flexibility index (Phi) is 9.38. The highest BCUT2D eigenvalue weighted by atomic mass is 127. The normalized spacial score (nSPS) is 14.3. The number of halogens is 4. The number of hydrogen-bond acceptors (Lipinski definition) is 4. The van der Waals surface area contributed by atoms with Crippen LogP contribution in [0.2, 0.25) is 0 Å². The molecule has 1 aromatic carbocycles. The molecule has 0 aliphatic carbocycles. The average molecular weight is 552 g/mol. The van der Waals surface area contributed by atoms with Gasteiger partial charge in [0, 0.05) is 32.1 Å². The number of guanidine groups is 1. The van der Waals surface area contributed by atoms with E-state index in [0.29, 0.717) is 18.1 Å². The maximum atomic E-state index is 12.5. The summed E-state index contributed by atoms with van der Waals surface area (Å²) >= 11 is 0. The number of benzene rings is 1. The number of nitrogens with zero attached hydrogens (tertiary/aromatic N) is 4. The molecule has 0 fully saturated rings. The van der Waals surface area contributed by atoms with Crippen molar-refractivity contribution < 1.29 is 17.9 Å². The highest BCUT2D eigenvalue weighted by Gasteiger charge is 2.28. The van der Waals surface area contributed by atoms with Gasteiger partial charge in [-0.05, 0) is 31.4 Å². The van der Waals surface area contributed by atoms with Crippen molar-refractivity contribution in [2.24, 2.45) is 4.99 Å². The van der Waals surface area contributed by atoms with E-state index in [4.69, 9.17) is 4.74 Å². The molecule has 0 saturated carbocycles. The first-order chi connectivity index (χ1) is 14.4. The average Bonchev–Trinajstić information content (AvgIpc) is 2.93. The van der Waals surface area contributed by atoms with Gasteiger partial charge in [0.25, 0.3) is 0 Å². The predicted octanol–water partition coefficient (Wildman–Crippen LogP) is 3.74. The first-order valence-corrected chi connectivity index (χ1v) is 10.0. The van der Waals surface area contributed by atoms with E-state index in [0.717, 1.165) is 43.0 Å². The van der Waals surface area contributed by atoms with Crippen molar-refractivity contribution in [1.82, 2.24) is 25.4 Å². The van der Waals surface area contributed by atoms with Crippen molar-refractivity contribution in [3.05, 3.63) is 41.0 Å². The van der Waals surface area contributed by atoms with E-state index in [1.807, 2.05) is 6.07 Å². The second kappa shape index (κ2) is 11.5. The van der Waals surface area contributed by atoms with E-state index in [-0.39, 0.29) is 36.3 Å². The van der Waals surface area contributed by atoms with Crippen LogP contribution in [0.5, 0.6) is 5.75 Å². The Bertz CT molecular complexity index is 884. The largest absolute Gasteiger partial charge is 0.484 e. The molecule has 0 bridgehead atoms. The molecule has 0 atom stereocenters. The van der Waals surface area contributed by atoms with Crippen LogP contribution in [0.3, 0.4) is 0 Å². The van der Waals surface area contributed by atoms with Crippen molar-refractivity contribution in [2.75, 3.05) is 13.7 Å². The number of aryl methyl sites for hydroxylation is 2. The van der Waals surface area contributed by atoms with Crippen LogP contribution >= 0.6 is 24.0 Å². The minimum absolute atomic E-state index is 0. The van der Waals surface area contributed by atoms with E-state index >= 15 is 0 Å². The van der Waals surface area contributed by atoms with Crippen LogP contribution in [0.25, 0.3) is 0 Å². The molecule has 1 aliphatic rings. The first-order valence-electron chi connectivity index (χ1n) is 10.0. The molecule has 11 heteroatoms. The molecular weight excluding hydrogens is 524 g/mol. The summed E-state index contributed by atoms with van der Waals surface area (Å²) in [6, 6.07) is 5.18. The summed E-state index contributed by atoms with van der Waals surface area (Å²) in [4.78, 5) is 4.18. The molecule has 0 spiro atoms. The Hall–Kier alpha value is -2.05. The van der Waals surface area contributed by atoms with Crippen LogP contribution in [0.1, 0.15) is 42.0 Å². The number of alkyl halides is 3.